The fourth-order valence-electron chi connectivity index (χ4n) is 3.24. The second-order valence-electron chi connectivity index (χ2n) is 6.86. The minimum Gasteiger partial charge on any atom is -0.389 e. The first-order chi connectivity index (χ1) is 13.1. The predicted molar refractivity (Wildman–Crippen MR) is 109 cm³/mol. The summed E-state index contributed by atoms with van der Waals surface area (Å²) in [6, 6.07) is 7.49. The zero-order chi connectivity index (χ0) is 19.5. The largest absolute Gasteiger partial charge is 0.389 e. The van der Waals surface area contributed by atoms with E-state index in [4.69, 9.17) is 11.6 Å². The molecule has 0 saturated carbocycles. The molecule has 2 rings (SSSR count). The van der Waals surface area contributed by atoms with Crippen molar-refractivity contribution in [2.45, 2.75) is 57.1 Å². The molecular weight excluding hydrogens is 362 g/mol. The Balaban J connectivity index is 1.89. The number of nitrogens with zero attached hydrogens (tertiary/aromatic N) is 1. The molecule has 146 valence electrons. The third-order valence-corrected chi connectivity index (χ3v) is 4.90. The lowest BCUT2D eigenvalue weighted by molar-refractivity contribution is -0.134. The summed E-state index contributed by atoms with van der Waals surface area (Å²) in [6.07, 6.45) is 13.2. The summed E-state index contributed by atoms with van der Waals surface area (Å²) in [5.74, 6) is 0.151. The van der Waals surface area contributed by atoms with Crippen molar-refractivity contribution in [1.82, 2.24) is 4.90 Å². The molecule has 2 atom stereocenters. The number of aliphatic hydroxyl groups excluding tert-OH is 1. The molecule has 1 heterocycles. The molecule has 1 aliphatic rings. The van der Waals surface area contributed by atoms with Gasteiger partial charge < -0.3 is 14.8 Å². The van der Waals surface area contributed by atoms with Crippen LogP contribution in [0.5, 0.6) is 0 Å². The van der Waals surface area contributed by atoms with Gasteiger partial charge in [-0.15, -0.1) is 0 Å². The van der Waals surface area contributed by atoms with E-state index in [1.165, 1.54) is 0 Å². The minimum atomic E-state index is -0.610. The Labute approximate surface area is 166 Å². The second-order valence-corrected chi connectivity index (χ2v) is 7.30. The summed E-state index contributed by atoms with van der Waals surface area (Å²) < 4.78 is 0. The van der Waals surface area contributed by atoms with Gasteiger partial charge in [-0.2, -0.15) is 0 Å². The molecule has 1 aromatic carbocycles. The van der Waals surface area contributed by atoms with E-state index in [1.807, 2.05) is 47.4 Å². The van der Waals surface area contributed by atoms with Crippen molar-refractivity contribution in [2.24, 2.45) is 0 Å². The van der Waals surface area contributed by atoms with Crippen molar-refractivity contribution >= 4 is 23.8 Å². The van der Waals surface area contributed by atoms with Gasteiger partial charge in [0.1, 0.15) is 6.29 Å². The number of aliphatic hydroxyl groups is 1. The Bertz CT molecular complexity index is 671. The number of halogens is 1. The van der Waals surface area contributed by atoms with E-state index < -0.39 is 6.10 Å². The van der Waals surface area contributed by atoms with Crippen molar-refractivity contribution in [1.29, 1.82) is 0 Å². The quantitative estimate of drug-likeness (QED) is 0.372. The molecule has 1 fully saturated rings. The van der Waals surface area contributed by atoms with Crippen LogP contribution < -0.4 is 0 Å². The van der Waals surface area contributed by atoms with E-state index >= 15 is 0 Å². The number of rotatable bonds is 10. The zero-order valence-corrected chi connectivity index (χ0v) is 16.4. The van der Waals surface area contributed by atoms with Gasteiger partial charge in [0.15, 0.2) is 0 Å². The molecule has 4 nitrogen and oxygen atoms in total. The first-order valence-corrected chi connectivity index (χ1v) is 9.97. The van der Waals surface area contributed by atoms with Crippen LogP contribution in [0.3, 0.4) is 0 Å². The maximum absolute atomic E-state index is 12.3. The van der Waals surface area contributed by atoms with Crippen molar-refractivity contribution < 1.29 is 14.7 Å². The fourth-order valence-corrected chi connectivity index (χ4v) is 3.45. The summed E-state index contributed by atoms with van der Waals surface area (Å²) in [5.41, 5.74) is 0.981. The molecule has 0 radical (unpaired) electrons. The summed E-state index contributed by atoms with van der Waals surface area (Å²) in [5, 5.41) is 11.0. The first kappa shape index (κ1) is 21.4. The van der Waals surface area contributed by atoms with Gasteiger partial charge in [-0.05, 0) is 43.4 Å². The van der Waals surface area contributed by atoms with Crippen molar-refractivity contribution in [3.63, 3.8) is 0 Å². The molecule has 1 saturated heterocycles. The molecule has 1 aromatic rings. The van der Waals surface area contributed by atoms with E-state index in [2.05, 4.69) is 0 Å². The summed E-state index contributed by atoms with van der Waals surface area (Å²) in [6.45, 7) is 0.569. The molecular formula is C22H28ClNO3. The van der Waals surface area contributed by atoms with Gasteiger partial charge >= 0.3 is 0 Å². The molecule has 0 spiro atoms. The van der Waals surface area contributed by atoms with Crippen LogP contribution in [0.1, 0.15) is 44.1 Å². The van der Waals surface area contributed by atoms with Crippen molar-refractivity contribution in [3.8, 4) is 0 Å². The number of carbonyl (C=O) groups is 2. The first-order valence-electron chi connectivity index (χ1n) is 9.59. The lowest BCUT2D eigenvalue weighted by Crippen LogP contribution is -2.42. The standard InChI is InChI=1S/C22H28ClNO3/c23-19-9-6-8-18(16-19)17-21(26)13-12-20-10-7-11-22(27)24(20)14-4-2-1-3-5-15-25/h2,4,6,8-9,12-13,15-16,20-21,26H,1,3,5,7,10-11,14,17H2/t20-,21?/m1/s1. The number of amides is 1. The molecule has 0 bridgehead atoms. The number of allylic oxidation sites excluding steroid dienone is 1. The Morgan fingerprint density at radius 2 is 2.15 bits per heavy atom. The Kier molecular flexibility index (Phi) is 9.29. The Hall–Kier alpha value is -1.91. The number of benzene rings is 1. The Morgan fingerprint density at radius 1 is 1.30 bits per heavy atom. The van der Waals surface area contributed by atoms with Crippen LogP contribution in [0.2, 0.25) is 5.02 Å². The average Bonchev–Trinajstić information content (AvgIpc) is 2.64. The molecule has 1 aliphatic heterocycles. The molecule has 5 heteroatoms. The maximum atomic E-state index is 12.3. The third-order valence-electron chi connectivity index (χ3n) is 4.66. The topological polar surface area (TPSA) is 57.6 Å². The van der Waals surface area contributed by atoms with Crippen LogP contribution in [0.4, 0.5) is 0 Å². The lowest BCUT2D eigenvalue weighted by Gasteiger charge is -2.33. The van der Waals surface area contributed by atoms with Gasteiger partial charge in [0.25, 0.3) is 0 Å². The van der Waals surface area contributed by atoms with E-state index in [0.29, 0.717) is 30.8 Å². The van der Waals surface area contributed by atoms with Crippen LogP contribution in [0, 0.1) is 0 Å². The number of aldehydes is 1. The predicted octanol–water partition coefficient (Wildman–Crippen LogP) is 4.11. The highest BCUT2D eigenvalue weighted by atomic mass is 35.5. The molecule has 0 aliphatic carbocycles. The number of hydrogen-bond acceptors (Lipinski definition) is 3. The van der Waals surface area contributed by atoms with E-state index in [1.54, 1.807) is 6.08 Å². The number of hydrogen-bond donors (Lipinski definition) is 1. The van der Waals surface area contributed by atoms with Gasteiger partial charge in [0.2, 0.25) is 5.91 Å². The second kappa shape index (κ2) is 11.7. The van der Waals surface area contributed by atoms with E-state index in [0.717, 1.165) is 37.5 Å². The number of unbranched alkanes of at least 4 members (excludes halogenated alkanes) is 2. The van der Waals surface area contributed by atoms with E-state index in [9.17, 15) is 14.7 Å². The highest BCUT2D eigenvalue weighted by molar-refractivity contribution is 6.30. The maximum Gasteiger partial charge on any atom is 0.223 e. The summed E-state index contributed by atoms with van der Waals surface area (Å²) in [7, 11) is 0. The van der Waals surface area contributed by atoms with Gasteiger partial charge in [-0.1, -0.05) is 48.0 Å². The summed E-state index contributed by atoms with van der Waals surface area (Å²) in [4.78, 5) is 24.5. The van der Waals surface area contributed by atoms with Crippen LogP contribution in [-0.2, 0) is 16.0 Å². The average molecular weight is 390 g/mol. The molecule has 27 heavy (non-hydrogen) atoms. The number of piperidine rings is 1. The molecule has 1 N–H and O–H groups in total. The molecule has 1 unspecified atom stereocenters. The van der Waals surface area contributed by atoms with Gasteiger partial charge in [0.05, 0.1) is 12.1 Å². The monoisotopic (exact) mass is 389 g/mol. The van der Waals surface area contributed by atoms with E-state index in [-0.39, 0.29) is 11.9 Å². The zero-order valence-electron chi connectivity index (χ0n) is 15.6. The molecule has 0 aromatic heterocycles. The highest BCUT2D eigenvalue weighted by Crippen LogP contribution is 2.20. The van der Waals surface area contributed by atoms with Crippen LogP contribution >= 0.6 is 11.6 Å². The van der Waals surface area contributed by atoms with Crippen molar-refractivity contribution in [2.75, 3.05) is 6.54 Å². The molecule has 1 amide bonds. The van der Waals surface area contributed by atoms with Crippen LogP contribution in [0.25, 0.3) is 0 Å². The van der Waals surface area contributed by atoms with Crippen molar-refractivity contribution in [3.05, 3.63) is 59.2 Å². The number of likely N-dealkylation sites (tertiary alicyclic amines) is 1. The van der Waals surface area contributed by atoms with Crippen LogP contribution in [-0.4, -0.2) is 40.9 Å². The minimum absolute atomic E-state index is 0.0138. The number of carbonyl (C=O) groups excluding carboxylic acids is 2. The Morgan fingerprint density at radius 3 is 2.93 bits per heavy atom. The van der Waals surface area contributed by atoms with Gasteiger partial charge in [-0.25, -0.2) is 0 Å². The lowest BCUT2D eigenvalue weighted by atomic mass is 9.99. The van der Waals surface area contributed by atoms with Gasteiger partial charge in [0, 0.05) is 30.8 Å². The van der Waals surface area contributed by atoms with Crippen LogP contribution in [0.15, 0.2) is 48.6 Å². The highest BCUT2D eigenvalue weighted by Gasteiger charge is 2.25. The summed E-state index contributed by atoms with van der Waals surface area (Å²) >= 11 is 5.98. The fraction of sp³-hybridized carbons (Fsp3) is 0.455. The SMILES string of the molecule is O=CCCCC=CCN1C(=O)CCC[C@@H]1C=CC(O)Cc1cccc(Cl)c1. The smallest absolute Gasteiger partial charge is 0.223 e. The third kappa shape index (κ3) is 7.69. The van der Waals surface area contributed by atoms with Gasteiger partial charge in [-0.3, -0.25) is 4.79 Å². The normalized spacial score (nSPS) is 19.1.